The molecule has 0 heterocycles. The Hall–Kier alpha value is -1.48. The second-order valence-electron chi connectivity index (χ2n) is 4.98. The minimum atomic E-state index is 0.309. The highest BCUT2D eigenvalue weighted by Gasteiger charge is 2.10. The Morgan fingerprint density at radius 1 is 1.30 bits per heavy atom. The van der Waals surface area contributed by atoms with Gasteiger partial charge in [0.1, 0.15) is 6.61 Å². The van der Waals surface area contributed by atoms with Gasteiger partial charge in [0.15, 0.2) is 11.5 Å². The normalized spacial score (nSPS) is 12.0. The quantitative estimate of drug-likeness (QED) is 0.689. The Morgan fingerprint density at radius 2 is 2.05 bits per heavy atom. The Bertz CT molecular complexity index is 429. The van der Waals surface area contributed by atoms with Crippen LogP contribution in [-0.4, -0.2) is 20.3 Å². The molecule has 0 saturated carbocycles. The van der Waals surface area contributed by atoms with Crippen molar-refractivity contribution in [2.75, 3.05) is 20.3 Å². The maximum absolute atomic E-state index is 5.75. The van der Waals surface area contributed by atoms with Gasteiger partial charge in [-0.2, -0.15) is 0 Å². The fourth-order valence-corrected chi connectivity index (χ4v) is 1.83. The summed E-state index contributed by atoms with van der Waals surface area (Å²) in [5, 5.41) is 3.47. The molecule has 1 rings (SSSR count). The van der Waals surface area contributed by atoms with Crippen LogP contribution in [0.5, 0.6) is 11.5 Å². The third kappa shape index (κ3) is 4.89. The Balaban J connectivity index is 2.76. The first-order valence-corrected chi connectivity index (χ1v) is 7.33. The van der Waals surface area contributed by atoms with Crippen LogP contribution in [0.1, 0.15) is 45.2 Å². The largest absolute Gasteiger partial charge is 0.493 e. The molecule has 0 amide bonds. The summed E-state index contributed by atoms with van der Waals surface area (Å²) in [7, 11) is 1.67. The fraction of sp³-hybridized carbons (Fsp3) is 0.529. The molecule has 1 atom stereocenters. The summed E-state index contributed by atoms with van der Waals surface area (Å²) in [6, 6.07) is 6.40. The molecule has 1 N–H and O–H groups in total. The lowest BCUT2D eigenvalue weighted by Gasteiger charge is -2.17. The highest BCUT2D eigenvalue weighted by Crippen LogP contribution is 2.30. The monoisotopic (exact) mass is 277 g/mol. The van der Waals surface area contributed by atoms with Gasteiger partial charge in [-0.15, -0.1) is 0 Å². The van der Waals surface area contributed by atoms with Crippen LogP contribution in [0.4, 0.5) is 0 Å². The van der Waals surface area contributed by atoms with Crippen molar-refractivity contribution in [1.82, 2.24) is 5.32 Å². The molecule has 1 unspecified atom stereocenters. The number of methoxy groups -OCH3 is 1. The number of nitrogens with one attached hydrogen (secondary N) is 1. The van der Waals surface area contributed by atoms with Crippen molar-refractivity contribution in [1.29, 1.82) is 0 Å². The van der Waals surface area contributed by atoms with Crippen LogP contribution in [0.25, 0.3) is 0 Å². The van der Waals surface area contributed by atoms with Crippen LogP contribution < -0.4 is 14.8 Å². The van der Waals surface area contributed by atoms with Gasteiger partial charge in [0.25, 0.3) is 0 Å². The summed E-state index contributed by atoms with van der Waals surface area (Å²) in [6.45, 7) is 11.9. The second kappa shape index (κ2) is 8.64. The predicted octanol–water partition coefficient (Wildman–Crippen LogP) is 4.10. The molecule has 20 heavy (non-hydrogen) atoms. The van der Waals surface area contributed by atoms with E-state index in [0.717, 1.165) is 36.5 Å². The molecule has 0 aliphatic carbocycles. The Labute approximate surface area is 123 Å². The number of hydrogen-bond donors (Lipinski definition) is 1. The lowest BCUT2D eigenvalue weighted by molar-refractivity contribution is 0.317. The lowest BCUT2D eigenvalue weighted by atomic mass is 10.1. The highest BCUT2D eigenvalue weighted by atomic mass is 16.5. The van der Waals surface area contributed by atoms with Gasteiger partial charge in [-0.1, -0.05) is 26.5 Å². The van der Waals surface area contributed by atoms with E-state index in [0.29, 0.717) is 12.6 Å². The van der Waals surface area contributed by atoms with Crippen molar-refractivity contribution >= 4 is 0 Å². The molecule has 112 valence electrons. The van der Waals surface area contributed by atoms with Gasteiger partial charge >= 0.3 is 0 Å². The summed E-state index contributed by atoms with van der Waals surface area (Å²) in [4.78, 5) is 0. The lowest BCUT2D eigenvalue weighted by Crippen LogP contribution is -2.19. The van der Waals surface area contributed by atoms with Gasteiger partial charge in [-0.05, 0) is 49.6 Å². The number of benzene rings is 1. The van der Waals surface area contributed by atoms with E-state index in [9.17, 15) is 0 Å². The first kappa shape index (κ1) is 16.6. The van der Waals surface area contributed by atoms with Crippen LogP contribution in [-0.2, 0) is 0 Å². The summed E-state index contributed by atoms with van der Waals surface area (Å²) >= 11 is 0. The van der Waals surface area contributed by atoms with E-state index in [1.165, 1.54) is 5.56 Å². The molecular weight excluding hydrogens is 250 g/mol. The van der Waals surface area contributed by atoms with E-state index in [1.807, 2.05) is 12.1 Å². The minimum Gasteiger partial charge on any atom is -0.493 e. The third-order valence-electron chi connectivity index (χ3n) is 3.32. The van der Waals surface area contributed by atoms with Crippen molar-refractivity contribution in [2.24, 2.45) is 0 Å². The summed E-state index contributed by atoms with van der Waals surface area (Å²) in [5.74, 6) is 1.55. The molecule has 0 aromatic heterocycles. The number of hydrogen-bond acceptors (Lipinski definition) is 3. The van der Waals surface area contributed by atoms with Crippen LogP contribution in [0.3, 0.4) is 0 Å². The Kier molecular flexibility index (Phi) is 7.16. The van der Waals surface area contributed by atoms with Gasteiger partial charge in [0.05, 0.1) is 7.11 Å². The summed E-state index contributed by atoms with van der Waals surface area (Å²) in [5.41, 5.74) is 2.28. The maximum atomic E-state index is 5.75. The van der Waals surface area contributed by atoms with Gasteiger partial charge < -0.3 is 14.8 Å². The average molecular weight is 277 g/mol. The van der Waals surface area contributed by atoms with Crippen LogP contribution in [0.2, 0.25) is 0 Å². The van der Waals surface area contributed by atoms with Crippen LogP contribution >= 0.6 is 0 Å². The zero-order valence-corrected chi connectivity index (χ0v) is 13.2. The Morgan fingerprint density at radius 3 is 2.65 bits per heavy atom. The third-order valence-corrected chi connectivity index (χ3v) is 3.32. The smallest absolute Gasteiger partial charge is 0.161 e. The zero-order chi connectivity index (χ0) is 15.0. The molecule has 0 aliphatic rings. The summed E-state index contributed by atoms with van der Waals surface area (Å²) < 4.78 is 11.2. The topological polar surface area (TPSA) is 30.5 Å². The molecule has 0 aliphatic heterocycles. The second-order valence-corrected chi connectivity index (χ2v) is 4.98. The molecule has 3 heteroatoms. The molecular formula is C17H27NO2. The van der Waals surface area contributed by atoms with Gasteiger partial charge in [0.2, 0.25) is 0 Å². The first-order valence-electron chi connectivity index (χ1n) is 7.33. The summed E-state index contributed by atoms with van der Waals surface area (Å²) in [6.07, 6.45) is 2.06. The molecule has 0 spiro atoms. The van der Waals surface area contributed by atoms with E-state index in [2.05, 4.69) is 38.7 Å². The number of rotatable bonds is 9. The van der Waals surface area contributed by atoms with Crippen LogP contribution in [0.15, 0.2) is 30.4 Å². The fourth-order valence-electron chi connectivity index (χ4n) is 1.83. The van der Waals surface area contributed by atoms with Crippen LogP contribution in [0, 0.1) is 0 Å². The van der Waals surface area contributed by atoms with Crippen molar-refractivity contribution < 1.29 is 9.47 Å². The SMILES string of the molecule is C=C(CC)COc1ccc(C(C)NCCC)cc1OC. The van der Waals surface area contributed by atoms with Gasteiger partial charge in [0, 0.05) is 6.04 Å². The average Bonchev–Trinajstić information content (AvgIpc) is 2.49. The standard InChI is InChI=1S/C17H27NO2/c1-6-10-18-14(4)15-8-9-16(17(11-15)19-5)20-12-13(3)7-2/h8-9,11,14,18H,3,6-7,10,12H2,1-2,4-5H3. The molecule has 0 bridgehead atoms. The van der Waals surface area contributed by atoms with E-state index in [4.69, 9.17) is 9.47 Å². The van der Waals surface area contributed by atoms with E-state index < -0.39 is 0 Å². The molecule has 0 radical (unpaired) electrons. The van der Waals surface area contributed by atoms with Crippen molar-refractivity contribution in [2.45, 2.75) is 39.7 Å². The van der Waals surface area contributed by atoms with Crippen molar-refractivity contribution in [3.05, 3.63) is 35.9 Å². The maximum Gasteiger partial charge on any atom is 0.161 e. The highest BCUT2D eigenvalue weighted by molar-refractivity contribution is 5.44. The molecule has 1 aromatic rings. The molecule has 3 nitrogen and oxygen atoms in total. The first-order chi connectivity index (χ1) is 9.62. The van der Waals surface area contributed by atoms with Crippen molar-refractivity contribution in [3.8, 4) is 11.5 Å². The zero-order valence-electron chi connectivity index (χ0n) is 13.2. The molecule has 0 saturated heterocycles. The van der Waals surface area contributed by atoms with E-state index in [1.54, 1.807) is 7.11 Å². The number of ether oxygens (including phenoxy) is 2. The van der Waals surface area contributed by atoms with Gasteiger partial charge in [-0.3, -0.25) is 0 Å². The molecule has 1 aromatic carbocycles. The minimum absolute atomic E-state index is 0.309. The molecule has 0 fully saturated rings. The van der Waals surface area contributed by atoms with E-state index in [-0.39, 0.29) is 0 Å². The van der Waals surface area contributed by atoms with Gasteiger partial charge in [-0.25, -0.2) is 0 Å². The predicted molar refractivity (Wildman–Crippen MR) is 84.6 cm³/mol. The van der Waals surface area contributed by atoms with Crippen molar-refractivity contribution in [3.63, 3.8) is 0 Å². The van der Waals surface area contributed by atoms with E-state index >= 15 is 0 Å².